The maximum Gasteiger partial charge on any atom is 0.223 e. The fourth-order valence-corrected chi connectivity index (χ4v) is 2.04. The topological polar surface area (TPSA) is 38.3 Å². The lowest BCUT2D eigenvalue weighted by Crippen LogP contribution is -2.35. The second-order valence-corrected chi connectivity index (χ2v) is 4.34. The summed E-state index contributed by atoms with van der Waals surface area (Å²) in [7, 11) is 0. The summed E-state index contributed by atoms with van der Waals surface area (Å²) in [4.78, 5) is 11.4. The molecule has 2 fully saturated rings. The van der Waals surface area contributed by atoms with Crippen molar-refractivity contribution in [1.82, 2.24) is 5.32 Å². The van der Waals surface area contributed by atoms with Gasteiger partial charge in [-0.25, -0.2) is 0 Å². The Balaban J connectivity index is 1.55. The molecular formula is C11H19NO2. The summed E-state index contributed by atoms with van der Waals surface area (Å²) < 4.78 is 5.48. The molecule has 0 bridgehead atoms. The first-order valence-electron chi connectivity index (χ1n) is 5.75. The van der Waals surface area contributed by atoms with Gasteiger partial charge in [-0.05, 0) is 32.1 Å². The predicted octanol–water partition coefficient (Wildman–Crippen LogP) is 1.47. The molecule has 1 aliphatic carbocycles. The van der Waals surface area contributed by atoms with Crippen LogP contribution in [0.4, 0.5) is 0 Å². The van der Waals surface area contributed by atoms with E-state index in [1.54, 1.807) is 0 Å². The maximum atomic E-state index is 11.4. The van der Waals surface area contributed by atoms with E-state index in [2.05, 4.69) is 5.32 Å². The van der Waals surface area contributed by atoms with E-state index in [4.69, 9.17) is 4.74 Å². The molecule has 0 spiro atoms. The summed E-state index contributed by atoms with van der Waals surface area (Å²) in [6.07, 6.45) is 7.14. The first-order valence-corrected chi connectivity index (χ1v) is 5.75. The number of ether oxygens (including phenoxy) is 1. The SMILES string of the molecule is O=C(NCCC1CCCO1)C1CCC1. The van der Waals surface area contributed by atoms with Crippen LogP contribution >= 0.6 is 0 Å². The van der Waals surface area contributed by atoms with Crippen molar-refractivity contribution in [1.29, 1.82) is 0 Å². The molecule has 1 atom stereocenters. The first kappa shape index (κ1) is 9.97. The van der Waals surface area contributed by atoms with E-state index < -0.39 is 0 Å². The Morgan fingerprint density at radius 3 is 2.71 bits per heavy atom. The van der Waals surface area contributed by atoms with Crippen LogP contribution in [0.15, 0.2) is 0 Å². The molecular weight excluding hydrogens is 178 g/mol. The monoisotopic (exact) mass is 197 g/mol. The Hall–Kier alpha value is -0.570. The molecule has 80 valence electrons. The number of amides is 1. The molecule has 1 aliphatic heterocycles. The van der Waals surface area contributed by atoms with Crippen LogP contribution in [-0.2, 0) is 9.53 Å². The van der Waals surface area contributed by atoms with Gasteiger partial charge in [0.1, 0.15) is 0 Å². The quantitative estimate of drug-likeness (QED) is 0.741. The molecule has 1 N–H and O–H groups in total. The molecule has 1 saturated heterocycles. The van der Waals surface area contributed by atoms with Crippen LogP contribution in [0.25, 0.3) is 0 Å². The summed E-state index contributed by atoms with van der Waals surface area (Å²) >= 11 is 0. The molecule has 14 heavy (non-hydrogen) atoms. The molecule has 2 rings (SSSR count). The van der Waals surface area contributed by atoms with Crippen molar-refractivity contribution < 1.29 is 9.53 Å². The van der Waals surface area contributed by atoms with Crippen molar-refractivity contribution >= 4 is 5.91 Å². The van der Waals surface area contributed by atoms with E-state index in [0.717, 1.165) is 32.4 Å². The van der Waals surface area contributed by atoms with E-state index in [9.17, 15) is 4.79 Å². The zero-order valence-corrected chi connectivity index (χ0v) is 8.63. The largest absolute Gasteiger partial charge is 0.378 e. The Morgan fingerprint density at radius 2 is 2.14 bits per heavy atom. The minimum absolute atomic E-state index is 0.259. The lowest BCUT2D eigenvalue weighted by Gasteiger charge is -2.24. The van der Waals surface area contributed by atoms with Crippen molar-refractivity contribution in [3.8, 4) is 0 Å². The van der Waals surface area contributed by atoms with Gasteiger partial charge in [0, 0.05) is 19.1 Å². The zero-order chi connectivity index (χ0) is 9.80. The van der Waals surface area contributed by atoms with Gasteiger partial charge < -0.3 is 10.1 Å². The summed E-state index contributed by atoms with van der Waals surface area (Å²) in [6, 6.07) is 0. The highest BCUT2D eigenvalue weighted by atomic mass is 16.5. The Kier molecular flexibility index (Phi) is 3.40. The Morgan fingerprint density at radius 1 is 1.29 bits per heavy atom. The van der Waals surface area contributed by atoms with Gasteiger partial charge in [-0.3, -0.25) is 4.79 Å². The number of nitrogens with one attached hydrogen (secondary N) is 1. The van der Waals surface area contributed by atoms with Crippen molar-refractivity contribution in [3.63, 3.8) is 0 Å². The predicted molar refractivity (Wildman–Crippen MR) is 53.9 cm³/mol. The van der Waals surface area contributed by atoms with Gasteiger partial charge in [0.15, 0.2) is 0 Å². The summed E-state index contributed by atoms with van der Waals surface area (Å²) in [5.74, 6) is 0.578. The molecule has 0 aromatic heterocycles. The third-order valence-corrected chi connectivity index (χ3v) is 3.27. The van der Waals surface area contributed by atoms with Gasteiger partial charge in [0.25, 0.3) is 0 Å². The lowest BCUT2D eigenvalue weighted by atomic mass is 9.85. The van der Waals surface area contributed by atoms with Crippen molar-refractivity contribution in [3.05, 3.63) is 0 Å². The summed E-state index contributed by atoms with van der Waals surface area (Å²) in [5.41, 5.74) is 0. The molecule has 1 unspecified atom stereocenters. The number of carbonyl (C=O) groups excluding carboxylic acids is 1. The molecule has 1 heterocycles. The Bertz CT molecular complexity index is 195. The summed E-state index contributed by atoms with van der Waals surface area (Å²) in [5, 5.41) is 2.99. The average molecular weight is 197 g/mol. The molecule has 0 radical (unpaired) electrons. The number of rotatable bonds is 4. The van der Waals surface area contributed by atoms with Gasteiger partial charge in [-0.15, -0.1) is 0 Å². The van der Waals surface area contributed by atoms with E-state index >= 15 is 0 Å². The molecule has 3 nitrogen and oxygen atoms in total. The maximum absolute atomic E-state index is 11.4. The van der Waals surface area contributed by atoms with Crippen LogP contribution in [0.3, 0.4) is 0 Å². The van der Waals surface area contributed by atoms with Gasteiger partial charge in [0.2, 0.25) is 5.91 Å². The highest BCUT2D eigenvalue weighted by Gasteiger charge is 2.25. The van der Waals surface area contributed by atoms with E-state index in [1.165, 1.54) is 19.3 Å². The smallest absolute Gasteiger partial charge is 0.223 e. The van der Waals surface area contributed by atoms with Crippen molar-refractivity contribution in [2.75, 3.05) is 13.2 Å². The van der Waals surface area contributed by atoms with Gasteiger partial charge in [0.05, 0.1) is 6.10 Å². The minimum Gasteiger partial charge on any atom is -0.378 e. The van der Waals surface area contributed by atoms with Gasteiger partial charge in [-0.2, -0.15) is 0 Å². The number of carbonyl (C=O) groups is 1. The van der Waals surface area contributed by atoms with Crippen LogP contribution in [-0.4, -0.2) is 25.2 Å². The molecule has 3 heteroatoms. The molecule has 1 amide bonds. The summed E-state index contributed by atoms with van der Waals surface area (Å²) in [6.45, 7) is 1.70. The van der Waals surface area contributed by atoms with Crippen LogP contribution in [0.5, 0.6) is 0 Å². The third-order valence-electron chi connectivity index (χ3n) is 3.27. The second kappa shape index (κ2) is 4.78. The van der Waals surface area contributed by atoms with Crippen LogP contribution < -0.4 is 5.32 Å². The highest BCUT2D eigenvalue weighted by molar-refractivity contribution is 5.79. The fraction of sp³-hybridized carbons (Fsp3) is 0.909. The van der Waals surface area contributed by atoms with Crippen molar-refractivity contribution in [2.24, 2.45) is 5.92 Å². The van der Waals surface area contributed by atoms with E-state index in [0.29, 0.717) is 12.0 Å². The molecule has 0 aromatic rings. The van der Waals surface area contributed by atoms with Crippen LogP contribution in [0.2, 0.25) is 0 Å². The minimum atomic E-state index is 0.259. The second-order valence-electron chi connectivity index (χ2n) is 4.34. The standard InChI is InChI=1S/C11H19NO2/c13-11(9-3-1-4-9)12-7-6-10-5-2-8-14-10/h9-10H,1-8H2,(H,12,13). The van der Waals surface area contributed by atoms with E-state index in [1.807, 2.05) is 0 Å². The Labute approximate surface area is 85.2 Å². The molecule has 2 aliphatic rings. The number of hydrogen-bond donors (Lipinski definition) is 1. The van der Waals surface area contributed by atoms with Crippen molar-refractivity contribution in [2.45, 2.75) is 44.6 Å². The zero-order valence-electron chi connectivity index (χ0n) is 8.63. The first-order chi connectivity index (χ1) is 6.86. The normalized spacial score (nSPS) is 27.3. The average Bonchev–Trinajstić information content (AvgIpc) is 2.53. The van der Waals surface area contributed by atoms with E-state index in [-0.39, 0.29) is 5.91 Å². The molecule has 0 aromatic carbocycles. The fourth-order valence-electron chi connectivity index (χ4n) is 2.04. The lowest BCUT2D eigenvalue weighted by molar-refractivity contribution is -0.127. The van der Waals surface area contributed by atoms with Crippen LogP contribution in [0.1, 0.15) is 38.5 Å². The highest BCUT2D eigenvalue weighted by Crippen LogP contribution is 2.26. The molecule has 1 saturated carbocycles. The van der Waals surface area contributed by atoms with Gasteiger partial charge >= 0.3 is 0 Å². The van der Waals surface area contributed by atoms with Crippen LogP contribution in [0, 0.1) is 5.92 Å². The van der Waals surface area contributed by atoms with Gasteiger partial charge in [-0.1, -0.05) is 6.42 Å². The third kappa shape index (κ3) is 2.47. The number of hydrogen-bond acceptors (Lipinski definition) is 2.